The van der Waals surface area contributed by atoms with E-state index >= 15 is 0 Å². The van der Waals surface area contributed by atoms with Crippen molar-refractivity contribution in [1.29, 1.82) is 0 Å². The first-order chi connectivity index (χ1) is 14.0. The Morgan fingerprint density at radius 2 is 2.14 bits per heavy atom. The van der Waals surface area contributed by atoms with E-state index in [1.54, 1.807) is 12.1 Å². The van der Waals surface area contributed by atoms with Crippen molar-refractivity contribution in [2.75, 3.05) is 13.2 Å². The third-order valence-corrected chi connectivity index (χ3v) is 5.41. The molecule has 3 aromatic rings. The van der Waals surface area contributed by atoms with Gasteiger partial charge < -0.3 is 14.5 Å². The lowest BCUT2D eigenvalue weighted by molar-refractivity contribution is 0.0854. The third-order valence-electron chi connectivity index (χ3n) is 4.60. The number of hydrogen-bond donors (Lipinski definition) is 1. The number of carbonyl (C=O) groups is 1. The standard InChI is InChI=1S/C21H17BrClFN2O3/c22-13-3-6-19-12(8-13)9-16(20(27)25-11-15-2-1-7-28-15)21(29-19)26-18-10-14(24)4-5-17(18)23/h3-6,8-10,15H,1-2,7,11H2,(H,25,27)/t15-/m0/s1. The fourth-order valence-electron chi connectivity index (χ4n) is 3.14. The molecule has 1 N–H and O–H groups in total. The minimum atomic E-state index is -0.484. The maximum Gasteiger partial charge on any atom is 0.256 e. The molecule has 1 saturated heterocycles. The number of fused-ring (bicyclic) bond motifs is 1. The summed E-state index contributed by atoms with van der Waals surface area (Å²) in [6.45, 7) is 1.11. The molecule has 0 bridgehead atoms. The van der Waals surface area contributed by atoms with E-state index in [0.29, 0.717) is 18.7 Å². The maximum atomic E-state index is 13.7. The second kappa shape index (κ2) is 8.65. The molecule has 0 aliphatic carbocycles. The number of halogens is 3. The number of amides is 1. The molecule has 1 aliphatic rings. The molecule has 1 amide bonds. The van der Waals surface area contributed by atoms with Gasteiger partial charge in [-0.2, -0.15) is 0 Å². The van der Waals surface area contributed by atoms with Crippen molar-refractivity contribution in [3.05, 3.63) is 68.9 Å². The zero-order valence-corrected chi connectivity index (χ0v) is 17.6. The van der Waals surface area contributed by atoms with Crippen LogP contribution in [0, 0.1) is 5.82 Å². The highest BCUT2D eigenvalue weighted by molar-refractivity contribution is 9.10. The summed E-state index contributed by atoms with van der Waals surface area (Å²) < 4.78 is 25.9. The van der Waals surface area contributed by atoms with E-state index in [-0.39, 0.29) is 33.8 Å². The molecular formula is C21H17BrClFN2O3. The Kier molecular flexibility index (Phi) is 5.99. The fraction of sp³-hybridized carbons (Fsp3) is 0.238. The highest BCUT2D eigenvalue weighted by Gasteiger charge is 2.19. The van der Waals surface area contributed by atoms with Gasteiger partial charge in [0.2, 0.25) is 5.55 Å². The van der Waals surface area contributed by atoms with E-state index < -0.39 is 5.82 Å². The predicted octanol–water partition coefficient (Wildman–Crippen LogP) is 5.13. The van der Waals surface area contributed by atoms with Crippen molar-refractivity contribution in [2.24, 2.45) is 4.99 Å². The van der Waals surface area contributed by atoms with E-state index in [1.807, 2.05) is 12.1 Å². The van der Waals surface area contributed by atoms with Gasteiger partial charge in [-0.15, -0.1) is 0 Å². The minimum absolute atomic E-state index is 0.00328. The zero-order valence-electron chi connectivity index (χ0n) is 15.3. The van der Waals surface area contributed by atoms with Crippen LogP contribution >= 0.6 is 27.5 Å². The van der Waals surface area contributed by atoms with Gasteiger partial charge in [-0.3, -0.25) is 4.79 Å². The molecule has 1 aromatic heterocycles. The van der Waals surface area contributed by atoms with Crippen LogP contribution in [0.4, 0.5) is 10.1 Å². The number of nitrogens with zero attached hydrogens (tertiary/aromatic N) is 1. The van der Waals surface area contributed by atoms with Crippen LogP contribution in [-0.2, 0) is 4.74 Å². The number of ether oxygens (including phenoxy) is 1. The van der Waals surface area contributed by atoms with Crippen LogP contribution in [0.3, 0.4) is 0 Å². The average molecular weight is 480 g/mol. The monoisotopic (exact) mass is 478 g/mol. The van der Waals surface area contributed by atoms with Gasteiger partial charge in [-0.25, -0.2) is 9.38 Å². The van der Waals surface area contributed by atoms with Gasteiger partial charge in [0, 0.05) is 29.1 Å². The van der Waals surface area contributed by atoms with Crippen molar-refractivity contribution in [2.45, 2.75) is 18.9 Å². The molecule has 1 atom stereocenters. The summed E-state index contributed by atoms with van der Waals surface area (Å²) in [5, 5.41) is 3.85. The number of hydrogen-bond acceptors (Lipinski definition) is 4. The second-order valence-corrected chi connectivity index (χ2v) is 8.02. The van der Waals surface area contributed by atoms with Crippen LogP contribution < -0.4 is 10.9 Å². The molecule has 150 valence electrons. The summed E-state index contributed by atoms with van der Waals surface area (Å²) in [5.41, 5.74) is 1.00. The SMILES string of the molecule is O=C(NC[C@@H]1CCCO1)c1cc2cc(Br)ccc2oc1=Nc1cc(F)ccc1Cl. The summed E-state index contributed by atoms with van der Waals surface area (Å²) in [5.74, 6) is -0.834. The van der Waals surface area contributed by atoms with Crippen LogP contribution in [0.5, 0.6) is 0 Å². The average Bonchev–Trinajstić information content (AvgIpc) is 3.22. The molecule has 4 rings (SSSR count). The van der Waals surface area contributed by atoms with Crippen LogP contribution in [-0.4, -0.2) is 25.2 Å². The van der Waals surface area contributed by atoms with Crippen molar-refractivity contribution >= 4 is 50.1 Å². The Labute approximate surface area is 179 Å². The van der Waals surface area contributed by atoms with Gasteiger partial charge in [-0.1, -0.05) is 27.5 Å². The smallest absolute Gasteiger partial charge is 0.256 e. The fourth-order valence-corrected chi connectivity index (χ4v) is 3.67. The molecule has 0 saturated carbocycles. The highest BCUT2D eigenvalue weighted by atomic mass is 79.9. The van der Waals surface area contributed by atoms with Gasteiger partial charge in [0.1, 0.15) is 17.0 Å². The lowest BCUT2D eigenvalue weighted by Crippen LogP contribution is -2.34. The summed E-state index contributed by atoms with van der Waals surface area (Å²) in [4.78, 5) is 17.2. The second-order valence-electron chi connectivity index (χ2n) is 6.70. The van der Waals surface area contributed by atoms with E-state index in [0.717, 1.165) is 22.7 Å². The van der Waals surface area contributed by atoms with Crippen LogP contribution in [0.25, 0.3) is 11.0 Å². The molecule has 8 heteroatoms. The molecule has 0 unspecified atom stereocenters. The Hall–Kier alpha value is -2.22. The molecular weight excluding hydrogens is 463 g/mol. The molecule has 5 nitrogen and oxygen atoms in total. The predicted molar refractivity (Wildman–Crippen MR) is 112 cm³/mol. The summed E-state index contributed by atoms with van der Waals surface area (Å²) in [6.07, 6.45) is 1.90. The first-order valence-corrected chi connectivity index (χ1v) is 10.3. The highest BCUT2D eigenvalue weighted by Crippen LogP contribution is 2.26. The number of nitrogens with one attached hydrogen (secondary N) is 1. The maximum absolute atomic E-state index is 13.7. The van der Waals surface area contributed by atoms with E-state index in [9.17, 15) is 9.18 Å². The van der Waals surface area contributed by atoms with Crippen molar-refractivity contribution in [1.82, 2.24) is 5.32 Å². The first-order valence-electron chi connectivity index (χ1n) is 9.12. The topological polar surface area (TPSA) is 63.8 Å². The van der Waals surface area contributed by atoms with Crippen LogP contribution in [0.15, 0.2) is 56.3 Å². The minimum Gasteiger partial charge on any atom is -0.438 e. The van der Waals surface area contributed by atoms with Crippen molar-refractivity contribution in [3.8, 4) is 0 Å². The number of rotatable bonds is 4. The Bertz CT molecular complexity index is 1140. The molecule has 1 fully saturated rings. The first kappa shape index (κ1) is 20.1. The molecule has 29 heavy (non-hydrogen) atoms. The normalized spacial score (nSPS) is 17.1. The van der Waals surface area contributed by atoms with E-state index in [4.69, 9.17) is 20.8 Å². The van der Waals surface area contributed by atoms with E-state index in [1.165, 1.54) is 18.2 Å². The molecule has 2 heterocycles. The van der Waals surface area contributed by atoms with Gasteiger partial charge in [0.25, 0.3) is 5.91 Å². The molecule has 0 spiro atoms. The Morgan fingerprint density at radius 3 is 2.93 bits per heavy atom. The largest absolute Gasteiger partial charge is 0.438 e. The zero-order chi connectivity index (χ0) is 20.4. The lowest BCUT2D eigenvalue weighted by atomic mass is 10.1. The summed E-state index contributed by atoms with van der Waals surface area (Å²) in [6, 6.07) is 11.0. The Morgan fingerprint density at radius 1 is 1.28 bits per heavy atom. The molecule has 2 aromatic carbocycles. The Balaban J connectivity index is 1.79. The van der Waals surface area contributed by atoms with Gasteiger partial charge in [-0.05, 0) is 49.2 Å². The quantitative estimate of drug-likeness (QED) is 0.564. The van der Waals surface area contributed by atoms with Gasteiger partial charge >= 0.3 is 0 Å². The summed E-state index contributed by atoms with van der Waals surface area (Å²) >= 11 is 9.56. The molecule has 1 aliphatic heterocycles. The van der Waals surface area contributed by atoms with Gasteiger partial charge in [0.15, 0.2) is 0 Å². The number of carbonyl (C=O) groups excluding carboxylic acids is 1. The number of benzene rings is 2. The van der Waals surface area contributed by atoms with Gasteiger partial charge in [0.05, 0.1) is 16.8 Å². The van der Waals surface area contributed by atoms with Crippen LogP contribution in [0.2, 0.25) is 5.02 Å². The van der Waals surface area contributed by atoms with Crippen LogP contribution in [0.1, 0.15) is 23.2 Å². The lowest BCUT2D eigenvalue weighted by Gasteiger charge is -2.11. The molecule has 0 radical (unpaired) electrons. The van der Waals surface area contributed by atoms with Crippen molar-refractivity contribution in [3.63, 3.8) is 0 Å². The van der Waals surface area contributed by atoms with E-state index in [2.05, 4.69) is 26.2 Å². The summed E-state index contributed by atoms with van der Waals surface area (Å²) in [7, 11) is 0. The van der Waals surface area contributed by atoms with Crippen molar-refractivity contribution < 1.29 is 18.3 Å². The third kappa shape index (κ3) is 4.69.